The summed E-state index contributed by atoms with van der Waals surface area (Å²) in [6.45, 7) is 8.72. The van der Waals surface area contributed by atoms with Crippen LogP contribution < -0.4 is 20.3 Å². The standard InChI is InChI=1S/C23H32N4O2/c1-22(2)14-17(15-23(3,4)26-22)25-21(28)16-9-11-18(12-10-16)29-19-8-7-13-24-20(19)27(5)6/h7-13,17,26H,14-15H2,1-6H3,(H,25,28). The number of aromatic nitrogens is 1. The zero-order valence-corrected chi connectivity index (χ0v) is 18.2. The summed E-state index contributed by atoms with van der Waals surface area (Å²) in [6.07, 6.45) is 3.54. The molecule has 6 heteroatoms. The molecule has 1 aromatic carbocycles. The van der Waals surface area contributed by atoms with Gasteiger partial charge in [-0.1, -0.05) is 0 Å². The SMILES string of the molecule is CN(C)c1ncccc1Oc1ccc(C(=O)NC2CC(C)(C)NC(C)(C)C2)cc1. The van der Waals surface area contributed by atoms with Crippen molar-refractivity contribution in [1.82, 2.24) is 15.6 Å². The molecule has 2 aromatic rings. The first-order valence-electron chi connectivity index (χ1n) is 10.1. The molecule has 1 saturated heterocycles. The molecule has 1 aliphatic heterocycles. The van der Waals surface area contributed by atoms with Crippen LogP contribution in [0.25, 0.3) is 0 Å². The van der Waals surface area contributed by atoms with Crippen LogP contribution in [0, 0.1) is 0 Å². The second-order valence-corrected chi connectivity index (χ2v) is 9.32. The van der Waals surface area contributed by atoms with E-state index in [1.54, 1.807) is 18.3 Å². The lowest BCUT2D eigenvalue weighted by atomic mass is 9.79. The molecule has 0 aliphatic carbocycles. The molecular weight excluding hydrogens is 364 g/mol. The third-order valence-electron chi connectivity index (χ3n) is 5.04. The number of carbonyl (C=O) groups is 1. The number of amides is 1. The normalized spacial score (nSPS) is 18.1. The van der Waals surface area contributed by atoms with Crippen LogP contribution in [-0.2, 0) is 0 Å². The number of pyridine rings is 1. The van der Waals surface area contributed by atoms with Crippen molar-refractivity contribution in [2.75, 3.05) is 19.0 Å². The van der Waals surface area contributed by atoms with E-state index in [0.29, 0.717) is 17.1 Å². The zero-order chi connectivity index (χ0) is 21.2. The maximum absolute atomic E-state index is 12.8. The van der Waals surface area contributed by atoms with Crippen LogP contribution in [0.3, 0.4) is 0 Å². The van der Waals surface area contributed by atoms with Gasteiger partial charge in [0.25, 0.3) is 5.91 Å². The van der Waals surface area contributed by atoms with Crippen LogP contribution in [0.1, 0.15) is 50.9 Å². The average Bonchev–Trinajstić information content (AvgIpc) is 2.59. The number of hydrogen-bond donors (Lipinski definition) is 2. The number of hydrogen-bond acceptors (Lipinski definition) is 5. The molecule has 2 N–H and O–H groups in total. The molecule has 29 heavy (non-hydrogen) atoms. The summed E-state index contributed by atoms with van der Waals surface area (Å²) >= 11 is 0. The Kier molecular flexibility index (Phi) is 5.85. The Bertz CT molecular complexity index is 843. The van der Waals surface area contributed by atoms with Crippen molar-refractivity contribution >= 4 is 11.7 Å². The Morgan fingerprint density at radius 3 is 2.31 bits per heavy atom. The maximum atomic E-state index is 12.8. The van der Waals surface area contributed by atoms with Crippen LogP contribution in [0.4, 0.5) is 5.82 Å². The van der Waals surface area contributed by atoms with Gasteiger partial charge in [-0.3, -0.25) is 4.79 Å². The number of carbonyl (C=O) groups excluding carboxylic acids is 1. The number of rotatable bonds is 5. The van der Waals surface area contributed by atoms with Gasteiger partial charge in [-0.2, -0.15) is 0 Å². The van der Waals surface area contributed by atoms with Crippen LogP contribution in [0.5, 0.6) is 11.5 Å². The summed E-state index contributed by atoms with van der Waals surface area (Å²) in [6, 6.07) is 11.1. The molecule has 0 bridgehead atoms. The van der Waals surface area contributed by atoms with Crippen molar-refractivity contribution in [2.24, 2.45) is 0 Å². The summed E-state index contributed by atoms with van der Waals surface area (Å²) in [5, 5.41) is 6.84. The molecule has 3 rings (SSSR count). The molecule has 0 saturated carbocycles. The lowest BCUT2D eigenvalue weighted by molar-refractivity contribution is 0.0873. The van der Waals surface area contributed by atoms with Crippen LogP contribution >= 0.6 is 0 Å². The van der Waals surface area contributed by atoms with Gasteiger partial charge < -0.3 is 20.3 Å². The van der Waals surface area contributed by atoms with Gasteiger partial charge in [-0.05, 0) is 76.9 Å². The Morgan fingerprint density at radius 2 is 1.72 bits per heavy atom. The van der Waals surface area contributed by atoms with Gasteiger partial charge >= 0.3 is 0 Å². The molecule has 6 nitrogen and oxygen atoms in total. The summed E-state index contributed by atoms with van der Waals surface area (Å²) in [7, 11) is 3.85. The van der Waals surface area contributed by atoms with E-state index in [0.717, 1.165) is 18.7 Å². The lowest BCUT2D eigenvalue weighted by Crippen LogP contribution is -2.62. The quantitative estimate of drug-likeness (QED) is 0.800. The molecule has 0 unspecified atom stereocenters. The minimum absolute atomic E-state index is 0.00867. The largest absolute Gasteiger partial charge is 0.453 e. The van der Waals surface area contributed by atoms with Crippen molar-refractivity contribution < 1.29 is 9.53 Å². The highest BCUT2D eigenvalue weighted by Crippen LogP contribution is 2.30. The van der Waals surface area contributed by atoms with Gasteiger partial charge in [0.2, 0.25) is 0 Å². The lowest BCUT2D eigenvalue weighted by Gasteiger charge is -2.46. The third kappa shape index (κ3) is 5.48. The number of benzene rings is 1. The second-order valence-electron chi connectivity index (χ2n) is 9.32. The number of nitrogens with zero attached hydrogens (tertiary/aromatic N) is 2. The van der Waals surface area contributed by atoms with E-state index < -0.39 is 0 Å². The van der Waals surface area contributed by atoms with E-state index in [9.17, 15) is 4.79 Å². The van der Waals surface area contributed by atoms with Crippen molar-refractivity contribution in [3.63, 3.8) is 0 Å². The first-order valence-corrected chi connectivity index (χ1v) is 10.1. The summed E-state index contributed by atoms with van der Waals surface area (Å²) in [5.41, 5.74) is 0.613. The molecule has 156 valence electrons. The smallest absolute Gasteiger partial charge is 0.251 e. The minimum Gasteiger partial charge on any atom is -0.453 e. The van der Waals surface area contributed by atoms with Crippen molar-refractivity contribution in [2.45, 2.75) is 57.7 Å². The zero-order valence-electron chi connectivity index (χ0n) is 18.2. The van der Waals surface area contributed by atoms with Crippen molar-refractivity contribution in [1.29, 1.82) is 0 Å². The molecule has 1 aliphatic rings. The second kappa shape index (κ2) is 8.03. The van der Waals surface area contributed by atoms with Crippen molar-refractivity contribution in [3.8, 4) is 11.5 Å². The first kappa shape index (κ1) is 21.1. The molecule has 0 spiro atoms. The fourth-order valence-electron chi connectivity index (χ4n) is 4.29. The summed E-state index contributed by atoms with van der Waals surface area (Å²) < 4.78 is 5.97. The van der Waals surface area contributed by atoms with Gasteiger partial charge in [0.1, 0.15) is 5.75 Å². The van der Waals surface area contributed by atoms with E-state index in [2.05, 4.69) is 43.3 Å². The number of piperidine rings is 1. The van der Waals surface area contributed by atoms with E-state index in [1.807, 2.05) is 43.3 Å². The molecule has 0 atom stereocenters. The van der Waals surface area contributed by atoms with E-state index in [-0.39, 0.29) is 23.0 Å². The summed E-state index contributed by atoms with van der Waals surface area (Å²) in [5.74, 6) is 2.05. The monoisotopic (exact) mass is 396 g/mol. The molecule has 1 fully saturated rings. The van der Waals surface area contributed by atoms with Gasteiger partial charge in [0.05, 0.1) is 0 Å². The maximum Gasteiger partial charge on any atom is 0.251 e. The molecule has 2 heterocycles. The first-order chi connectivity index (χ1) is 13.5. The molecule has 0 radical (unpaired) electrons. The fraction of sp³-hybridized carbons (Fsp3) is 0.478. The number of nitrogens with one attached hydrogen (secondary N) is 2. The van der Waals surface area contributed by atoms with E-state index in [4.69, 9.17) is 4.74 Å². The van der Waals surface area contributed by atoms with Gasteiger partial charge in [-0.15, -0.1) is 0 Å². The third-order valence-corrected chi connectivity index (χ3v) is 5.04. The van der Waals surface area contributed by atoms with Crippen LogP contribution in [-0.4, -0.2) is 42.1 Å². The number of anilines is 1. The molecule has 1 aromatic heterocycles. The van der Waals surface area contributed by atoms with Gasteiger partial charge in [0, 0.05) is 43.0 Å². The molecule has 1 amide bonds. The number of ether oxygens (including phenoxy) is 1. The Labute approximate surface area is 173 Å². The predicted octanol–water partition coefficient (Wildman–Crippen LogP) is 3.98. The Hall–Kier alpha value is -2.60. The van der Waals surface area contributed by atoms with Crippen LogP contribution in [0.2, 0.25) is 0 Å². The summed E-state index contributed by atoms with van der Waals surface area (Å²) in [4.78, 5) is 19.0. The van der Waals surface area contributed by atoms with Gasteiger partial charge in [0.15, 0.2) is 11.6 Å². The highest BCUT2D eigenvalue weighted by atomic mass is 16.5. The highest BCUT2D eigenvalue weighted by Gasteiger charge is 2.38. The van der Waals surface area contributed by atoms with Gasteiger partial charge in [-0.25, -0.2) is 4.98 Å². The Balaban J connectivity index is 1.67. The van der Waals surface area contributed by atoms with E-state index >= 15 is 0 Å². The molecular formula is C23H32N4O2. The minimum atomic E-state index is -0.0505. The topological polar surface area (TPSA) is 66.5 Å². The van der Waals surface area contributed by atoms with E-state index in [1.165, 1.54) is 0 Å². The fourth-order valence-corrected chi connectivity index (χ4v) is 4.29. The highest BCUT2D eigenvalue weighted by molar-refractivity contribution is 5.94. The van der Waals surface area contributed by atoms with Crippen LogP contribution in [0.15, 0.2) is 42.6 Å². The van der Waals surface area contributed by atoms with Crippen molar-refractivity contribution in [3.05, 3.63) is 48.2 Å². The Morgan fingerprint density at radius 1 is 1.10 bits per heavy atom. The predicted molar refractivity (Wildman–Crippen MR) is 117 cm³/mol. The average molecular weight is 397 g/mol.